The van der Waals surface area contributed by atoms with Gasteiger partial charge in [-0.2, -0.15) is 0 Å². The molecule has 1 aromatic heterocycles. The maximum absolute atomic E-state index is 3.67. The number of anilines is 1. The Hall–Kier alpha value is -1.02. The number of benzene rings is 1. The van der Waals surface area contributed by atoms with Gasteiger partial charge >= 0.3 is 0 Å². The Balaban J connectivity index is 2.09. The zero-order valence-corrected chi connectivity index (χ0v) is 11.5. The van der Waals surface area contributed by atoms with E-state index in [0.717, 1.165) is 0 Å². The van der Waals surface area contributed by atoms with Crippen LogP contribution in [0.2, 0.25) is 0 Å². The second-order valence-electron chi connectivity index (χ2n) is 4.59. The summed E-state index contributed by atoms with van der Waals surface area (Å²) in [7, 11) is 0. The fourth-order valence-corrected chi connectivity index (χ4v) is 3.05. The summed E-state index contributed by atoms with van der Waals surface area (Å²) >= 11 is 1.81. The van der Waals surface area contributed by atoms with Crippen molar-refractivity contribution in [1.82, 2.24) is 0 Å². The van der Waals surface area contributed by atoms with Crippen LogP contribution in [0.1, 0.15) is 39.5 Å². The summed E-state index contributed by atoms with van der Waals surface area (Å²) in [6.07, 6.45) is 5.02. The molecule has 92 valence electrons. The SMILES string of the molecule is CCCC(CCC)Nc1ccc2sccc2c1. The van der Waals surface area contributed by atoms with Crippen LogP contribution in [0.3, 0.4) is 0 Å². The van der Waals surface area contributed by atoms with E-state index in [9.17, 15) is 0 Å². The molecule has 1 heterocycles. The van der Waals surface area contributed by atoms with Gasteiger partial charge < -0.3 is 5.32 Å². The van der Waals surface area contributed by atoms with Crippen molar-refractivity contribution >= 4 is 27.1 Å². The lowest BCUT2D eigenvalue weighted by molar-refractivity contribution is 0.586. The van der Waals surface area contributed by atoms with Crippen molar-refractivity contribution in [3.8, 4) is 0 Å². The van der Waals surface area contributed by atoms with E-state index >= 15 is 0 Å². The summed E-state index contributed by atoms with van der Waals surface area (Å²) in [6.45, 7) is 4.51. The van der Waals surface area contributed by atoms with Crippen molar-refractivity contribution < 1.29 is 0 Å². The Morgan fingerprint density at radius 3 is 2.59 bits per heavy atom. The second kappa shape index (κ2) is 6.06. The number of rotatable bonds is 6. The molecule has 1 aromatic carbocycles. The van der Waals surface area contributed by atoms with Crippen LogP contribution in [-0.2, 0) is 0 Å². The number of fused-ring (bicyclic) bond motifs is 1. The third-order valence-corrected chi connectivity index (χ3v) is 4.00. The molecule has 0 atom stereocenters. The zero-order chi connectivity index (χ0) is 12.1. The molecule has 0 unspecified atom stereocenters. The van der Waals surface area contributed by atoms with Gasteiger partial charge in [-0.1, -0.05) is 26.7 Å². The van der Waals surface area contributed by atoms with Crippen molar-refractivity contribution in [2.24, 2.45) is 0 Å². The molecular weight excluding hydrogens is 226 g/mol. The average molecular weight is 247 g/mol. The second-order valence-corrected chi connectivity index (χ2v) is 5.54. The summed E-state index contributed by atoms with van der Waals surface area (Å²) < 4.78 is 1.37. The summed E-state index contributed by atoms with van der Waals surface area (Å²) in [5.41, 5.74) is 1.27. The van der Waals surface area contributed by atoms with Crippen LogP contribution in [0.5, 0.6) is 0 Å². The van der Waals surface area contributed by atoms with Gasteiger partial charge in [0.2, 0.25) is 0 Å². The molecule has 1 nitrogen and oxygen atoms in total. The van der Waals surface area contributed by atoms with Crippen LogP contribution in [0.4, 0.5) is 5.69 Å². The molecular formula is C15H21NS. The van der Waals surface area contributed by atoms with E-state index in [4.69, 9.17) is 0 Å². The molecule has 1 N–H and O–H groups in total. The number of hydrogen-bond donors (Lipinski definition) is 1. The predicted octanol–water partition coefficient (Wildman–Crippen LogP) is 5.28. The van der Waals surface area contributed by atoms with Crippen molar-refractivity contribution in [2.75, 3.05) is 5.32 Å². The zero-order valence-electron chi connectivity index (χ0n) is 10.7. The van der Waals surface area contributed by atoms with Crippen molar-refractivity contribution in [3.63, 3.8) is 0 Å². The van der Waals surface area contributed by atoms with E-state index in [1.807, 2.05) is 11.3 Å². The van der Waals surface area contributed by atoms with Gasteiger partial charge in [-0.15, -0.1) is 11.3 Å². The Labute approximate surface area is 108 Å². The van der Waals surface area contributed by atoms with Crippen LogP contribution in [-0.4, -0.2) is 6.04 Å². The van der Waals surface area contributed by atoms with Gasteiger partial charge in [-0.3, -0.25) is 0 Å². The lowest BCUT2D eigenvalue weighted by Gasteiger charge is -2.18. The first-order valence-corrected chi connectivity index (χ1v) is 7.45. The van der Waals surface area contributed by atoms with Crippen LogP contribution in [0.25, 0.3) is 10.1 Å². The van der Waals surface area contributed by atoms with E-state index in [-0.39, 0.29) is 0 Å². The summed E-state index contributed by atoms with van der Waals surface area (Å²) in [6, 6.07) is 9.51. The van der Waals surface area contributed by atoms with Gasteiger partial charge in [0.05, 0.1) is 0 Å². The van der Waals surface area contributed by atoms with Gasteiger partial charge in [0.25, 0.3) is 0 Å². The lowest BCUT2D eigenvalue weighted by Crippen LogP contribution is -2.18. The van der Waals surface area contributed by atoms with Crippen LogP contribution in [0, 0.1) is 0 Å². The molecule has 0 spiro atoms. The van der Waals surface area contributed by atoms with Gasteiger partial charge in [-0.05, 0) is 47.9 Å². The minimum Gasteiger partial charge on any atom is -0.382 e. The maximum Gasteiger partial charge on any atom is 0.0349 e. The summed E-state index contributed by atoms with van der Waals surface area (Å²) in [5, 5.41) is 7.18. The first-order valence-electron chi connectivity index (χ1n) is 6.57. The molecule has 0 fully saturated rings. The average Bonchev–Trinajstić information content (AvgIpc) is 2.77. The highest BCUT2D eigenvalue weighted by Crippen LogP contribution is 2.25. The summed E-state index contributed by atoms with van der Waals surface area (Å²) in [4.78, 5) is 0. The molecule has 0 amide bonds. The van der Waals surface area contributed by atoms with E-state index in [0.29, 0.717) is 6.04 Å². The predicted molar refractivity (Wildman–Crippen MR) is 79.1 cm³/mol. The molecule has 0 radical (unpaired) electrons. The molecule has 2 rings (SSSR count). The van der Waals surface area contributed by atoms with Gasteiger partial charge in [-0.25, -0.2) is 0 Å². The molecule has 2 aromatic rings. The fraction of sp³-hybridized carbons (Fsp3) is 0.467. The van der Waals surface area contributed by atoms with Crippen LogP contribution < -0.4 is 5.32 Å². The van der Waals surface area contributed by atoms with E-state index in [2.05, 4.69) is 48.8 Å². The minimum absolute atomic E-state index is 0.626. The van der Waals surface area contributed by atoms with Crippen molar-refractivity contribution in [2.45, 2.75) is 45.6 Å². The number of nitrogens with one attached hydrogen (secondary N) is 1. The Bertz CT molecular complexity index is 455. The minimum atomic E-state index is 0.626. The molecule has 0 aliphatic heterocycles. The first-order chi connectivity index (χ1) is 8.33. The Kier molecular flexibility index (Phi) is 4.43. The first kappa shape index (κ1) is 12.4. The Morgan fingerprint density at radius 1 is 1.12 bits per heavy atom. The molecule has 17 heavy (non-hydrogen) atoms. The smallest absolute Gasteiger partial charge is 0.0349 e. The topological polar surface area (TPSA) is 12.0 Å². The molecule has 0 aliphatic rings. The summed E-state index contributed by atoms with van der Waals surface area (Å²) in [5.74, 6) is 0. The third-order valence-electron chi connectivity index (χ3n) is 3.10. The van der Waals surface area contributed by atoms with Crippen LogP contribution in [0.15, 0.2) is 29.6 Å². The van der Waals surface area contributed by atoms with Gasteiger partial charge in [0, 0.05) is 16.4 Å². The standard InChI is InChI=1S/C15H21NS/c1-3-5-13(6-4-2)16-14-7-8-15-12(11-14)9-10-17-15/h7-11,13,16H,3-6H2,1-2H3. The third kappa shape index (κ3) is 3.22. The highest BCUT2D eigenvalue weighted by molar-refractivity contribution is 7.17. The highest BCUT2D eigenvalue weighted by atomic mass is 32.1. The Morgan fingerprint density at radius 2 is 1.88 bits per heavy atom. The number of thiophene rings is 1. The van der Waals surface area contributed by atoms with Crippen molar-refractivity contribution in [3.05, 3.63) is 29.6 Å². The van der Waals surface area contributed by atoms with Gasteiger partial charge in [0.1, 0.15) is 0 Å². The quantitative estimate of drug-likeness (QED) is 0.732. The van der Waals surface area contributed by atoms with E-state index < -0.39 is 0 Å². The van der Waals surface area contributed by atoms with Gasteiger partial charge in [0.15, 0.2) is 0 Å². The normalized spacial score (nSPS) is 11.2. The highest BCUT2D eigenvalue weighted by Gasteiger charge is 2.06. The van der Waals surface area contributed by atoms with E-state index in [1.54, 1.807) is 0 Å². The van der Waals surface area contributed by atoms with Crippen LogP contribution >= 0.6 is 11.3 Å². The number of hydrogen-bond acceptors (Lipinski definition) is 2. The van der Waals surface area contributed by atoms with E-state index in [1.165, 1.54) is 41.5 Å². The lowest BCUT2D eigenvalue weighted by atomic mass is 10.1. The van der Waals surface area contributed by atoms with Crippen molar-refractivity contribution in [1.29, 1.82) is 0 Å². The molecule has 2 heteroatoms. The fourth-order valence-electron chi connectivity index (χ4n) is 2.28. The molecule has 0 saturated heterocycles. The molecule has 0 saturated carbocycles. The molecule has 0 aliphatic carbocycles. The largest absolute Gasteiger partial charge is 0.382 e. The monoisotopic (exact) mass is 247 g/mol. The maximum atomic E-state index is 3.67. The molecule has 0 bridgehead atoms.